The maximum absolute atomic E-state index is 13.2. The summed E-state index contributed by atoms with van der Waals surface area (Å²) in [4.78, 5) is 15.4. The predicted octanol–water partition coefficient (Wildman–Crippen LogP) is 4.05. The fourth-order valence-corrected chi connectivity index (χ4v) is 2.50. The molecular formula is C17H20F2N2O2. The van der Waals surface area contributed by atoms with Gasteiger partial charge in [-0.2, -0.15) is 0 Å². The van der Waals surface area contributed by atoms with Gasteiger partial charge in [-0.25, -0.2) is 13.8 Å². The third-order valence-electron chi connectivity index (χ3n) is 3.86. The van der Waals surface area contributed by atoms with Crippen LogP contribution in [0, 0.1) is 5.92 Å². The van der Waals surface area contributed by atoms with E-state index >= 15 is 0 Å². The zero-order valence-electron chi connectivity index (χ0n) is 13.0. The molecule has 1 aromatic heterocycles. The van der Waals surface area contributed by atoms with E-state index in [2.05, 4.69) is 16.9 Å². The molecule has 0 radical (unpaired) electrons. The monoisotopic (exact) mass is 322 g/mol. The van der Waals surface area contributed by atoms with E-state index in [4.69, 9.17) is 4.74 Å². The van der Waals surface area contributed by atoms with Crippen LogP contribution in [-0.2, 0) is 4.79 Å². The number of carbonyl (C=O) groups excluding carboxylic acids is 1. The van der Waals surface area contributed by atoms with E-state index in [0.29, 0.717) is 24.4 Å². The molecule has 1 saturated carbocycles. The van der Waals surface area contributed by atoms with Crippen molar-refractivity contribution in [2.45, 2.75) is 31.6 Å². The number of carbonyl (C=O) groups is 1. The van der Waals surface area contributed by atoms with E-state index in [1.54, 1.807) is 6.07 Å². The first-order valence-corrected chi connectivity index (χ1v) is 7.47. The molecule has 1 aliphatic carbocycles. The molecule has 1 heterocycles. The lowest BCUT2D eigenvalue weighted by atomic mass is 9.86. The van der Waals surface area contributed by atoms with Crippen molar-refractivity contribution in [2.24, 2.45) is 5.92 Å². The fraction of sp³-hybridized carbons (Fsp3) is 0.412. The number of pyridine rings is 1. The summed E-state index contributed by atoms with van der Waals surface area (Å²) < 4.78 is 31.6. The summed E-state index contributed by atoms with van der Waals surface area (Å²) in [5, 5.41) is 2.58. The highest BCUT2D eigenvalue weighted by atomic mass is 19.3. The van der Waals surface area contributed by atoms with Crippen LogP contribution in [0.25, 0.3) is 6.08 Å². The summed E-state index contributed by atoms with van der Waals surface area (Å²) in [6, 6.07) is 1.67. The molecule has 23 heavy (non-hydrogen) atoms. The summed E-state index contributed by atoms with van der Waals surface area (Å²) >= 11 is 0. The third kappa shape index (κ3) is 4.87. The minimum absolute atomic E-state index is 0.0733. The van der Waals surface area contributed by atoms with Crippen molar-refractivity contribution in [1.29, 1.82) is 0 Å². The molecule has 0 aromatic carbocycles. The van der Waals surface area contributed by atoms with Crippen LogP contribution in [-0.4, -0.2) is 23.9 Å². The van der Waals surface area contributed by atoms with Gasteiger partial charge in [-0.15, -0.1) is 0 Å². The van der Waals surface area contributed by atoms with Gasteiger partial charge in [0.2, 0.25) is 11.8 Å². The number of alkyl halides is 2. The summed E-state index contributed by atoms with van der Waals surface area (Å²) in [6.07, 6.45) is 7.21. The van der Waals surface area contributed by atoms with Gasteiger partial charge in [0.15, 0.2) is 0 Å². The standard InChI is InChI=1S/C17H20F2N2O2/c1-3-16(22)21-15-10-13(14(23-2)11-20-15)5-4-12-6-8-17(18,19)9-7-12/h3-5,10-12H,1,6-9H2,2H3,(H,20,21,22). The highest BCUT2D eigenvalue weighted by Gasteiger charge is 2.33. The Balaban J connectivity index is 2.11. The van der Waals surface area contributed by atoms with E-state index in [1.165, 1.54) is 13.3 Å². The number of allylic oxidation sites excluding steroid dienone is 1. The van der Waals surface area contributed by atoms with E-state index in [0.717, 1.165) is 11.6 Å². The van der Waals surface area contributed by atoms with Gasteiger partial charge in [0, 0.05) is 18.4 Å². The van der Waals surface area contributed by atoms with Crippen LogP contribution in [0.15, 0.2) is 31.0 Å². The minimum atomic E-state index is -2.53. The second-order valence-electron chi connectivity index (χ2n) is 5.56. The molecule has 0 spiro atoms. The van der Waals surface area contributed by atoms with Crippen molar-refractivity contribution in [2.75, 3.05) is 12.4 Å². The number of ether oxygens (including phenoxy) is 1. The van der Waals surface area contributed by atoms with Gasteiger partial charge < -0.3 is 10.1 Å². The van der Waals surface area contributed by atoms with Gasteiger partial charge >= 0.3 is 0 Å². The highest BCUT2D eigenvalue weighted by molar-refractivity contribution is 5.98. The van der Waals surface area contributed by atoms with E-state index in [9.17, 15) is 13.6 Å². The third-order valence-corrected chi connectivity index (χ3v) is 3.86. The molecule has 6 heteroatoms. The molecule has 1 fully saturated rings. The fourth-order valence-electron chi connectivity index (χ4n) is 2.50. The van der Waals surface area contributed by atoms with Crippen molar-refractivity contribution in [3.8, 4) is 5.75 Å². The lowest BCUT2D eigenvalue weighted by Crippen LogP contribution is -2.23. The average Bonchev–Trinajstić information content (AvgIpc) is 2.54. The van der Waals surface area contributed by atoms with Crippen LogP contribution < -0.4 is 10.1 Å². The normalized spacial score (nSPS) is 17.9. The second-order valence-corrected chi connectivity index (χ2v) is 5.56. The van der Waals surface area contributed by atoms with E-state index in [-0.39, 0.29) is 24.7 Å². The number of amides is 1. The van der Waals surface area contributed by atoms with Crippen LogP contribution in [0.2, 0.25) is 0 Å². The first kappa shape index (κ1) is 17.1. The summed E-state index contributed by atoms with van der Waals surface area (Å²) in [6.45, 7) is 3.38. The number of methoxy groups -OCH3 is 1. The Morgan fingerprint density at radius 1 is 1.48 bits per heavy atom. The number of anilines is 1. The lowest BCUT2D eigenvalue weighted by molar-refractivity contribution is -0.111. The Bertz CT molecular complexity index is 605. The average molecular weight is 322 g/mol. The number of halogens is 2. The van der Waals surface area contributed by atoms with Gasteiger partial charge in [-0.1, -0.05) is 18.7 Å². The van der Waals surface area contributed by atoms with Crippen LogP contribution in [0.4, 0.5) is 14.6 Å². The van der Waals surface area contributed by atoms with Crippen molar-refractivity contribution in [3.05, 3.63) is 36.6 Å². The maximum atomic E-state index is 13.2. The molecule has 0 atom stereocenters. The van der Waals surface area contributed by atoms with Crippen molar-refractivity contribution >= 4 is 17.8 Å². The molecule has 2 rings (SSSR count). The molecule has 0 unspecified atom stereocenters. The van der Waals surface area contributed by atoms with Crippen LogP contribution in [0.1, 0.15) is 31.2 Å². The number of nitrogens with zero attached hydrogens (tertiary/aromatic N) is 1. The Labute approximate surface area is 134 Å². The number of aromatic nitrogens is 1. The van der Waals surface area contributed by atoms with Crippen LogP contribution >= 0.6 is 0 Å². The zero-order valence-corrected chi connectivity index (χ0v) is 13.0. The Kier molecular flexibility index (Phi) is 5.47. The van der Waals surface area contributed by atoms with Gasteiger partial charge in [0.05, 0.1) is 13.3 Å². The lowest BCUT2D eigenvalue weighted by Gasteiger charge is -2.26. The molecule has 0 saturated heterocycles. The summed E-state index contributed by atoms with van der Waals surface area (Å²) in [7, 11) is 1.53. The predicted molar refractivity (Wildman–Crippen MR) is 85.6 cm³/mol. The number of nitrogens with one attached hydrogen (secondary N) is 1. The largest absolute Gasteiger partial charge is 0.495 e. The SMILES string of the molecule is C=CC(=O)Nc1cc(C=CC2CCC(F)(F)CC2)c(OC)cn1. The van der Waals surface area contributed by atoms with E-state index in [1.807, 2.05) is 12.2 Å². The molecule has 124 valence electrons. The van der Waals surface area contributed by atoms with Crippen LogP contribution in [0.3, 0.4) is 0 Å². The quantitative estimate of drug-likeness (QED) is 0.832. The minimum Gasteiger partial charge on any atom is -0.495 e. The zero-order chi connectivity index (χ0) is 16.9. The van der Waals surface area contributed by atoms with Crippen molar-refractivity contribution < 1.29 is 18.3 Å². The van der Waals surface area contributed by atoms with Gasteiger partial charge in [-0.05, 0) is 30.9 Å². The summed E-state index contributed by atoms with van der Waals surface area (Å²) in [5.74, 6) is -1.82. The second kappa shape index (κ2) is 7.35. The smallest absolute Gasteiger partial charge is 0.248 e. The van der Waals surface area contributed by atoms with Crippen molar-refractivity contribution in [3.63, 3.8) is 0 Å². The molecule has 0 aliphatic heterocycles. The Morgan fingerprint density at radius 3 is 2.78 bits per heavy atom. The maximum Gasteiger partial charge on any atom is 0.248 e. The first-order valence-electron chi connectivity index (χ1n) is 7.47. The molecule has 0 bridgehead atoms. The van der Waals surface area contributed by atoms with Gasteiger partial charge in [0.25, 0.3) is 0 Å². The number of rotatable bonds is 5. The van der Waals surface area contributed by atoms with Gasteiger partial charge in [0.1, 0.15) is 11.6 Å². The summed E-state index contributed by atoms with van der Waals surface area (Å²) in [5.41, 5.74) is 0.735. The number of hydrogen-bond acceptors (Lipinski definition) is 3. The van der Waals surface area contributed by atoms with Gasteiger partial charge in [-0.3, -0.25) is 4.79 Å². The van der Waals surface area contributed by atoms with Crippen molar-refractivity contribution in [1.82, 2.24) is 4.98 Å². The molecule has 1 N–H and O–H groups in total. The molecule has 4 nitrogen and oxygen atoms in total. The topological polar surface area (TPSA) is 51.2 Å². The molecule has 1 aromatic rings. The number of hydrogen-bond donors (Lipinski definition) is 1. The molecule has 1 amide bonds. The highest BCUT2D eigenvalue weighted by Crippen LogP contribution is 2.37. The van der Waals surface area contributed by atoms with E-state index < -0.39 is 5.92 Å². The first-order chi connectivity index (χ1) is 10.9. The molecular weight excluding hydrogens is 302 g/mol. The Hall–Kier alpha value is -2.24. The van der Waals surface area contributed by atoms with Crippen LogP contribution in [0.5, 0.6) is 5.75 Å². The Morgan fingerprint density at radius 2 is 2.17 bits per heavy atom. The molecule has 1 aliphatic rings.